The Morgan fingerprint density at radius 2 is 1.66 bits per heavy atom. The number of hydrogen-bond acceptors (Lipinski definition) is 3. The molecule has 29 heavy (non-hydrogen) atoms. The molecule has 1 aliphatic rings. The molecule has 8 heteroatoms. The van der Waals surface area contributed by atoms with Gasteiger partial charge in [-0.25, -0.2) is 8.78 Å². The zero-order valence-electron chi connectivity index (χ0n) is 16.0. The maximum atomic E-state index is 13.6. The van der Waals surface area contributed by atoms with Crippen LogP contribution in [0.3, 0.4) is 0 Å². The molecular formula is C21H21F2N3O3. The van der Waals surface area contributed by atoms with Gasteiger partial charge in [0.25, 0.3) is 5.91 Å². The van der Waals surface area contributed by atoms with E-state index in [2.05, 4.69) is 5.32 Å². The Morgan fingerprint density at radius 3 is 2.31 bits per heavy atom. The van der Waals surface area contributed by atoms with E-state index in [9.17, 15) is 23.2 Å². The van der Waals surface area contributed by atoms with Gasteiger partial charge < -0.3 is 15.1 Å². The first-order valence-electron chi connectivity index (χ1n) is 9.28. The van der Waals surface area contributed by atoms with Crippen molar-refractivity contribution in [2.45, 2.75) is 20.0 Å². The van der Waals surface area contributed by atoms with E-state index < -0.39 is 29.4 Å². The minimum Gasteiger partial charge on any atom is -0.348 e. The van der Waals surface area contributed by atoms with Gasteiger partial charge in [0.1, 0.15) is 11.6 Å². The lowest BCUT2D eigenvalue weighted by Crippen LogP contribution is -2.53. The summed E-state index contributed by atoms with van der Waals surface area (Å²) in [7, 11) is 0. The molecule has 3 amide bonds. The number of benzene rings is 2. The maximum absolute atomic E-state index is 13.6. The molecular weight excluding hydrogens is 380 g/mol. The van der Waals surface area contributed by atoms with Crippen LogP contribution in [0.4, 0.5) is 8.78 Å². The highest BCUT2D eigenvalue weighted by Gasteiger charge is 2.31. The number of rotatable bonds is 6. The fraction of sp³-hybridized carbons (Fsp3) is 0.286. The number of likely N-dealkylation sites (N-methyl/N-ethyl adjacent to an activating group) is 1. The summed E-state index contributed by atoms with van der Waals surface area (Å²) in [5.74, 6) is -2.82. The van der Waals surface area contributed by atoms with E-state index in [1.807, 2.05) is 6.92 Å². The molecule has 3 rings (SSSR count). The molecule has 1 aliphatic heterocycles. The van der Waals surface area contributed by atoms with E-state index in [0.717, 1.165) is 17.7 Å². The Hall–Kier alpha value is -3.29. The van der Waals surface area contributed by atoms with Crippen LogP contribution in [0.25, 0.3) is 0 Å². The van der Waals surface area contributed by atoms with Crippen LogP contribution in [0, 0.1) is 11.6 Å². The predicted molar refractivity (Wildman–Crippen MR) is 102 cm³/mol. The predicted octanol–water partition coefficient (Wildman–Crippen LogP) is 2.09. The van der Waals surface area contributed by atoms with Crippen LogP contribution in [-0.4, -0.2) is 47.2 Å². The molecule has 6 nitrogen and oxygen atoms in total. The number of hydrogen-bond donors (Lipinski definition) is 1. The zero-order valence-corrected chi connectivity index (χ0v) is 16.0. The van der Waals surface area contributed by atoms with Gasteiger partial charge in [-0.1, -0.05) is 18.2 Å². The highest BCUT2D eigenvalue weighted by molar-refractivity contribution is 6.35. The normalized spacial score (nSPS) is 14.3. The van der Waals surface area contributed by atoms with E-state index in [-0.39, 0.29) is 18.7 Å². The molecule has 0 saturated carbocycles. The second-order valence-corrected chi connectivity index (χ2v) is 6.73. The third-order valence-electron chi connectivity index (χ3n) is 4.82. The Labute approximate surface area is 167 Å². The molecule has 2 aromatic carbocycles. The number of nitrogens with one attached hydrogen (secondary N) is 1. The van der Waals surface area contributed by atoms with E-state index in [0.29, 0.717) is 25.2 Å². The van der Waals surface area contributed by atoms with Gasteiger partial charge in [-0.15, -0.1) is 0 Å². The van der Waals surface area contributed by atoms with Gasteiger partial charge in [-0.2, -0.15) is 0 Å². The lowest BCUT2D eigenvalue weighted by atomic mass is 10.1. The van der Waals surface area contributed by atoms with Gasteiger partial charge in [0.15, 0.2) is 0 Å². The van der Waals surface area contributed by atoms with Crippen LogP contribution in [0.2, 0.25) is 0 Å². The van der Waals surface area contributed by atoms with Crippen molar-refractivity contribution < 1.29 is 23.2 Å². The fourth-order valence-electron chi connectivity index (χ4n) is 3.09. The number of nitrogens with zero attached hydrogens (tertiary/aromatic N) is 2. The van der Waals surface area contributed by atoms with Gasteiger partial charge in [0, 0.05) is 49.9 Å². The van der Waals surface area contributed by atoms with Crippen molar-refractivity contribution in [3.63, 3.8) is 0 Å². The molecule has 2 aromatic rings. The van der Waals surface area contributed by atoms with Gasteiger partial charge >= 0.3 is 11.8 Å². The molecule has 1 fully saturated rings. The van der Waals surface area contributed by atoms with Crippen LogP contribution in [0.5, 0.6) is 0 Å². The van der Waals surface area contributed by atoms with Crippen molar-refractivity contribution in [1.82, 2.24) is 15.1 Å². The number of carbonyl (C=O) groups excluding carboxylic acids is 3. The van der Waals surface area contributed by atoms with Crippen molar-refractivity contribution in [3.05, 3.63) is 70.8 Å². The number of carbonyl (C=O) groups is 3. The summed E-state index contributed by atoms with van der Waals surface area (Å²) in [6.07, 6.45) is 0. The topological polar surface area (TPSA) is 69.7 Å². The summed E-state index contributed by atoms with van der Waals surface area (Å²) in [4.78, 5) is 39.4. The summed E-state index contributed by atoms with van der Waals surface area (Å²) in [6, 6.07) is 9.79. The number of piperazine rings is 1. The maximum Gasteiger partial charge on any atom is 0.312 e. The van der Waals surface area contributed by atoms with Crippen molar-refractivity contribution in [1.29, 1.82) is 0 Å². The van der Waals surface area contributed by atoms with Crippen LogP contribution in [-0.2, 0) is 22.7 Å². The number of halogens is 2. The highest BCUT2D eigenvalue weighted by Crippen LogP contribution is 2.13. The summed E-state index contributed by atoms with van der Waals surface area (Å²) in [6.45, 7) is 3.51. The molecule has 1 saturated heterocycles. The second kappa shape index (κ2) is 8.81. The summed E-state index contributed by atoms with van der Waals surface area (Å²) in [5.41, 5.74) is 1.34. The minimum atomic E-state index is -0.719. The lowest BCUT2D eigenvalue weighted by Gasteiger charge is -2.33. The molecule has 0 radical (unpaired) electrons. The Kier molecular flexibility index (Phi) is 6.21. The van der Waals surface area contributed by atoms with E-state index in [4.69, 9.17) is 0 Å². The van der Waals surface area contributed by atoms with Crippen molar-refractivity contribution in [3.8, 4) is 0 Å². The van der Waals surface area contributed by atoms with E-state index >= 15 is 0 Å². The summed E-state index contributed by atoms with van der Waals surface area (Å²) >= 11 is 0. The smallest absolute Gasteiger partial charge is 0.312 e. The van der Waals surface area contributed by atoms with Gasteiger partial charge in [0.05, 0.1) is 0 Å². The highest BCUT2D eigenvalue weighted by atomic mass is 19.1. The largest absolute Gasteiger partial charge is 0.348 e. The fourth-order valence-corrected chi connectivity index (χ4v) is 3.09. The third kappa shape index (κ3) is 4.77. The standard InChI is InChI=1S/C21H21F2N3O3/c1-2-25-9-10-26(21(29)20(25)28)13-14-3-5-15(6-4-14)19(27)24-12-16-7-8-17(22)11-18(16)23/h3-8,11H,2,9-10,12-13H2,1H3,(H,24,27). The lowest BCUT2D eigenvalue weighted by molar-refractivity contribution is -0.156. The van der Waals surface area contributed by atoms with E-state index in [1.165, 1.54) is 15.9 Å². The molecule has 0 unspecified atom stereocenters. The Bertz CT molecular complexity index is 931. The van der Waals surface area contributed by atoms with Crippen molar-refractivity contribution >= 4 is 17.7 Å². The van der Waals surface area contributed by atoms with Crippen LogP contribution < -0.4 is 5.32 Å². The van der Waals surface area contributed by atoms with Gasteiger partial charge in [0.2, 0.25) is 0 Å². The summed E-state index contributed by atoms with van der Waals surface area (Å²) < 4.78 is 26.6. The molecule has 1 heterocycles. The Balaban J connectivity index is 1.57. The molecule has 0 aromatic heterocycles. The van der Waals surface area contributed by atoms with E-state index in [1.54, 1.807) is 24.3 Å². The van der Waals surface area contributed by atoms with Gasteiger partial charge in [-0.05, 0) is 30.7 Å². The van der Waals surface area contributed by atoms with Crippen molar-refractivity contribution in [2.75, 3.05) is 19.6 Å². The molecule has 152 valence electrons. The molecule has 1 N–H and O–H groups in total. The molecule has 0 spiro atoms. The van der Waals surface area contributed by atoms with Crippen LogP contribution in [0.1, 0.15) is 28.4 Å². The molecule has 0 bridgehead atoms. The minimum absolute atomic E-state index is 0.0645. The second-order valence-electron chi connectivity index (χ2n) is 6.73. The first kappa shape index (κ1) is 20.4. The van der Waals surface area contributed by atoms with Crippen LogP contribution in [0.15, 0.2) is 42.5 Å². The summed E-state index contributed by atoms with van der Waals surface area (Å²) in [5, 5.41) is 2.58. The Morgan fingerprint density at radius 1 is 1.00 bits per heavy atom. The SMILES string of the molecule is CCN1CCN(Cc2ccc(C(=O)NCc3ccc(F)cc3F)cc2)C(=O)C1=O. The average Bonchev–Trinajstić information content (AvgIpc) is 2.71. The zero-order chi connectivity index (χ0) is 21.0. The quantitative estimate of drug-likeness (QED) is 0.754. The average molecular weight is 401 g/mol. The molecule has 0 aliphatic carbocycles. The van der Waals surface area contributed by atoms with Gasteiger partial charge in [-0.3, -0.25) is 14.4 Å². The number of amides is 3. The first-order valence-corrected chi connectivity index (χ1v) is 9.28. The van der Waals surface area contributed by atoms with Crippen LogP contribution >= 0.6 is 0 Å². The third-order valence-corrected chi connectivity index (χ3v) is 4.82. The monoisotopic (exact) mass is 401 g/mol. The first-order chi connectivity index (χ1) is 13.9. The van der Waals surface area contributed by atoms with Crippen molar-refractivity contribution in [2.24, 2.45) is 0 Å². The molecule has 0 atom stereocenters.